The highest BCUT2D eigenvalue weighted by molar-refractivity contribution is 6.01. The predicted molar refractivity (Wildman–Crippen MR) is 129 cm³/mol. The van der Waals surface area contributed by atoms with Crippen molar-refractivity contribution in [2.24, 2.45) is 0 Å². The molecule has 2 heterocycles. The second-order valence-corrected chi connectivity index (χ2v) is 8.97. The van der Waals surface area contributed by atoms with Gasteiger partial charge in [-0.05, 0) is 62.1 Å². The van der Waals surface area contributed by atoms with Crippen LogP contribution < -0.4 is 16.0 Å². The van der Waals surface area contributed by atoms with Gasteiger partial charge in [0.25, 0.3) is 5.91 Å². The van der Waals surface area contributed by atoms with Gasteiger partial charge in [-0.25, -0.2) is 4.79 Å². The van der Waals surface area contributed by atoms with Gasteiger partial charge >= 0.3 is 12.2 Å². The van der Waals surface area contributed by atoms with E-state index in [4.69, 9.17) is 5.73 Å². The van der Waals surface area contributed by atoms with Crippen molar-refractivity contribution in [3.05, 3.63) is 53.6 Å². The van der Waals surface area contributed by atoms with E-state index < -0.39 is 17.8 Å². The summed E-state index contributed by atoms with van der Waals surface area (Å²) in [5.41, 5.74) is 7.16. The van der Waals surface area contributed by atoms with Crippen LogP contribution in [0.15, 0.2) is 42.5 Å². The summed E-state index contributed by atoms with van der Waals surface area (Å²) >= 11 is 0. The van der Waals surface area contributed by atoms with Crippen LogP contribution >= 0.6 is 0 Å². The minimum Gasteiger partial charge on any atom is -0.399 e. The van der Waals surface area contributed by atoms with Crippen LogP contribution in [0.3, 0.4) is 0 Å². The summed E-state index contributed by atoms with van der Waals surface area (Å²) in [4.78, 5) is 31.6. The molecule has 0 saturated carbocycles. The first-order chi connectivity index (χ1) is 16.7. The predicted octanol–water partition coefficient (Wildman–Crippen LogP) is 4.66. The number of nitrogen functional groups attached to an aromatic ring is 1. The smallest absolute Gasteiger partial charge is 0.399 e. The molecule has 4 rings (SSSR count). The maximum absolute atomic E-state index is 13.3. The van der Waals surface area contributed by atoms with Crippen molar-refractivity contribution in [3.8, 4) is 0 Å². The number of halogens is 3. The lowest BCUT2D eigenvalue weighted by atomic mass is 10.1. The van der Waals surface area contributed by atoms with E-state index >= 15 is 0 Å². The van der Waals surface area contributed by atoms with Gasteiger partial charge in [-0.15, -0.1) is 0 Å². The van der Waals surface area contributed by atoms with E-state index in [1.54, 1.807) is 17.0 Å². The van der Waals surface area contributed by atoms with E-state index in [9.17, 15) is 22.8 Å². The number of piperidine rings is 1. The van der Waals surface area contributed by atoms with Crippen molar-refractivity contribution >= 4 is 29.0 Å². The van der Waals surface area contributed by atoms with Crippen molar-refractivity contribution < 1.29 is 22.8 Å². The number of urea groups is 1. The molecule has 7 nitrogen and oxygen atoms in total. The molecular formula is C25H30F3N5O2. The normalized spacial score (nSPS) is 17.2. The first-order valence-corrected chi connectivity index (χ1v) is 11.9. The molecule has 2 aliphatic heterocycles. The van der Waals surface area contributed by atoms with Crippen LogP contribution in [-0.2, 0) is 6.18 Å². The fraction of sp³-hybridized carbons (Fsp3) is 0.440. The Balaban J connectivity index is 1.45. The van der Waals surface area contributed by atoms with Crippen LogP contribution in [0.4, 0.5) is 35.0 Å². The molecule has 10 heteroatoms. The minimum atomic E-state index is -4.48. The Kier molecular flexibility index (Phi) is 7.37. The maximum Gasteiger partial charge on any atom is 0.416 e. The number of nitrogens with zero attached hydrogens (tertiary/aromatic N) is 3. The lowest BCUT2D eigenvalue weighted by Crippen LogP contribution is -2.39. The van der Waals surface area contributed by atoms with Gasteiger partial charge in [0, 0.05) is 56.3 Å². The molecule has 3 N–H and O–H groups in total. The number of carbonyl (C=O) groups is 2. The van der Waals surface area contributed by atoms with Gasteiger partial charge in [-0.2, -0.15) is 13.2 Å². The standard InChI is InChI=1S/C25H30F3N5O2/c26-25(27,28)18-6-4-7-20(16-18)30-24(35)33-13-5-12-31(14-15-33)22-9-8-19(29)17-21(22)23(34)32-10-2-1-3-11-32/h4,6-9,16-17H,1-3,5,10-15,29H2,(H,30,35). The van der Waals surface area contributed by atoms with E-state index in [1.165, 1.54) is 12.1 Å². The topological polar surface area (TPSA) is 81.9 Å². The molecule has 35 heavy (non-hydrogen) atoms. The van der Waals surface area contributed by atoms with E-state index in [-0.39, 0.29) is 11.6 Å². The Morgan fingerprint density at radius 2 is 1.57 bits per heavy atom. The van der Waals surface area contributed by atoms with Crippen molar-refractivity contribution in [1.29, 1.82) is 0 Å². The molecular weight excluding hydrogens is 459 g/mol. The third-order valence-corrected chi connectivity index (χ3v) is 6.46. The van der Waals surface area contributed by atoms with E-state index in [2.05, 4.69) is 10.2 Å². The largest absolute Gasteiger partial charge is 0.416 e. The summed E-state index contributed by atoms with van der Waals surface area (Å²) in [5, 5.41) is 2.58. The zero-order chi connectivity index (χ0) is 25.0. The SMILES string of the molecule is Nc1ccc(N2CCCN(C(=O)Nc3cccc(C(F)(F)F)c3)CC2)c(C(=O)N2CCCCC2)c1. The molecule has 0 bridgehead atoms. The Morgan fingerprint density at radius 3 is 2.31 bits per heavy atom. The number of likely N-dealkylation sites (tertiary alicyclic amines) is 1. The Morgan fingerprint density at radius 1 is 0.829 bits per heavy atom. The van der Waals surface area contributed by atoms with E-state index in [0.29, 0.717) is 43.9 Å². The Hall–Kier alpha value is -3.43. The molecule has 188 valence electrons. The second kappa shape index (κ2) is 10.5. The number of hydrogen-bond acceptors (Lipinski definition) is 4. The van der Waals surface area contributed by atoms with Crippen molar-refractivity contribution in [2.45, 2.75) is 31.9 Å². The fourth-order valence-electron chi connectivity index (χ4n) is 4.61. The van der Waals surface area contributed by atoms with Crippen LogP contribution in [0.1, 0.15) is 41.6 Å². The zero-order valence-electron chi connectivity index (χ0n) is 19.5. The number of carbonyl (C=O) groups excluding carboxylic acids is 2. The molecule has 0 unspecified atom stereocenters. The first-order valence-electron chi connectivity index (χ1n) is 11.9. The third-order valence-electron chi connectivity index (χ3n) is 6.46. The quantitative estimate of drug-likeness (QED) is 0.615. The summed E-state index contributed by atoms with van der Waals surface area (Å²) in [6.07, 6.45) is -0.728. The second-order valence-electron chi connectivity index (χ2n) is 8.97. The Labute approximate surface area is 202 Å². The third kappa shape index (κ3) is 5.98. The lowest BCUT2D eigenvalue weighted by molar-refractivity contribution is -0.137. The summed E-state index contributed by atoms with van der Waals surface area (Å²) in [6, 6.07) is 9.48. The van der Waals surface area contributed by atoms with Crippen LogP contribution in [0.5, 0.6) is 0 Å². The van der Waals surface area contributed by atoms with Gasteiger partial charge < -0.3 is 25.8 Å². The number of alkyl halides is 3. The monoisotopic (exact) mass is 489 g/mol. The number of rotatable bonds is 3. The van der Waals surface area contributed by atoms with Gasteiger partial charge in [0.05, 0.1) is 11.1 Å². The number of hydrogen-bond donors (Lipinski definition) is 2. The number of nitrogens with one attached hydrogen (secondary N) is 1. The molecule has 0 aliphatic carbocycles. The molecule has 0 spiro atoms. The number of anilines is 3. The van der Waals surface area contributed by atoms with Gasteiger partial charge in [0.1, 0.15) is 0 Å². The van der Waals surface area contributed by atoms with Crippen molar-refractivity contribution in [3.63, 3.8) is 0 Å². The van der Waals surface area contributed by atoms with E-state index in [0.717, 1.165) is 50.2 Å². The summed E-state index contributed by atoms with van der Waals surface area (Å²) < 4.78 is 39.0. The maximum atomic E-state index is 13.3. The fourth-order valence-corrected chi connectivity index (χ4v) is 4.61. The highest BCUT2D eigenvalue weighted by Gasteiger charge is 2.31. The van der Waals surface area contributed by atoms with Crippen LogP contribution in [0, 0.1) is 0 Å². The molecule has 2 saturated heterocycles. The van der Waals surface area contributed by atoms with Crippen LogP contribution in [0.25, 0.3) is 0 Å². The number of benzene rings is 2. The van der Waals surface area contributed by atoms with Crippen LogP contribution in [0.2, 0.25) is 0 Å². The molecule has 2 fully saturated rings. The first kappa shape index (κ1) is 24.7. The van der Waals surface area contributed by atoms with Gasteiger partial charge in [0.2, 0.25) is 0 Å². The summed E-state index contributed by atoms with van der Waals surface area (Å²) in [7, 11) is 0. The molecule has 0 radical (unpaired) electrons. The summed E-state index contributed by atoms with van der Waals surface area (Å²) in [6.45, 7) is 3.41. The van der Waals surface area contributed by atoms with E-state index in [1.807, 2.05) is 11.0 Å². The lowest BCUT2D eigenvalue weighted by Gasteiger charge is -2.30. The zero-order valence-corrected chi connectivity index (χ0v) is 19.5. The minimum absolute atomic E-state index is 0.0320. The average molecular weight is 490 g/mol. The molecule has 0 atom stereocenters. The molecule has 2 aromatic carbocycles. The molecule has 2 aliphatic rings. The molecule has 3 amide bonds. The highest BCUT2D eigenvalue weighted by Crippen LogP contribution is 2.31. The van der Waals surface area contributed by atoms with Crippen LogP contribution in [-0.4, -0.2) is 61.0 Å². The van der Waals surface area contributed by atoms with Crippen molar-refractivity contribution in [2.75, 3.05) is 55.2 Å². The van der Waals surface area contributed by atoms with Gasteiger partial charge in [-0.3, -0.25) is 4.79 Å². The van der Waals surface area contributed by atoms with Gasteiger partial charge in [-0.1, -0.05) is 6.07 Å². The highest BCUT2D eigenvalue weighted by atomic mass is 19.4. The summed E-state index contributed by atoms with van der Waals surface area (Å²) in [5.74, 6) is -0.0320. The van der Waals surface area contributed by atoms with Crippen molar-refractivity contribution in [1.82, 2.24) is 9.80 Å². The average Bonchev–Trinajstić information content (AvgIpc) is 3.10. The number of amides is 3. The number of nitrogens with two attached hydrogens (primary N) is 1. The van der Waals surface area contributed by atoms with Gasteiger partial charge in [0.15, 0.2) is 0 Å². The molecule has 0 aromatic heterocycles. The molecule has 2 aromatic rings. The Bertz CT molecular complexity index is 1070.